The third-order valence-electron chi connectivity index (χ3n) is 3.25. The van der Waals surface area contributed by atoms with Gasteiger partial charge < -0.3 is 10.1 Å². The van der Waals surface area contributed by atoms with E-state index in [0.29, 0.717) is 0 Å². The Bertz CT molecular complexity index is 587. The number of methoxy groups -OCH3 is 1. The second-order valence-electron chi connectivity index (χ2n) is 4.83. The molecule has 0 bridgehead atoms. The van der Waals surface area contributed by atoms with E-state index in [4.69, 9.17) is 4.74 Å². The van der Waals surface area contributed by atoms with Gasteiger partial charge in [0.25, 0.3) is 0 Å². The van der Waals surface area contributed by atoms with Crippen molar-refractivity contribution in [1.29, 1.82) is 0 Å². The first-order chi connectivity index (χ1) is 9.06. The van der Waals surface area contributed by atoms with Crippen molar-refractivity contribution in [3.63, 3.8) is 0 Å². The minimum Gasteiger partial charge on any atom is -0.496 e. The van der Waals surface area contributed by atoms with Crippen LogP contribution in [0.5, 0.6) is 5.75 Å². The maximum Gasteiger partial charge on any atom is 0.128 e. The smallest absolute Gasteiger partial charge is 0.128 e. The van der Waals surface area contributed by atoms with Crippen molar-refractivity contribution in [3.05, 3.63) is 35.0 Å². The van der Waals surface area contributed by atoms with E-state index in [1.807, 2.05) is 18.8 Å². The lowest BCUT2D eigenvalue weighted by Gasteiger charge is -2.10. The fraction of sp³-hybridized carbons (Fsp3) is 0.400. The third-order valence-corrected chi connectivity index (χ3v) is 3.25. The van der Waals surface area contributed by atoms with Gasteiger partial charge in [0.15, 0.2) is 0 Å². The Morgan fingerprint density at radius 3 is 2.63 bits per heavy atom. The van der Waals surface area contributed by atoms with Gasteiger partial charge in [-0.3, -0.25) is 4.68 Å². The van der Waals surface area contributed by atoms with E-state index in [1.165, 1.54) is 11.1 Å². The van der Waals surface area contributed by atoms with Crippen molar-refractivity contribution in [1.82, 2.24) is 15.1 Å². The van der Waals surface area contributed by atoms with Crippen LogP contribution in [0.3, 0.4) is 0 Å². The first-order valence-corrected chi connectivity index (χ1v) is 6.40. The molecule has 0 fully saturated rings. The molecular weight excluding hydrogens is 238 g/mol. The van der Waals surface area contributed by atoms with Crippen molar-refractivity contribution in [2.24, 2.45) is 7.05 Å². The molecule has 4 nitrogen and oxygen atoms in total. The molecule has 0 aliphatic heterocycles. The van der Waals surface area contributed by atoms with Gasteiger partial charge in [0.1, 0.15) is 5.75 Å². The van der Waals surface area contributed by atoms with Crippen LogP contribution >= 0.6 is 0 Å². The molecule has 1 heterocycles. The van der Waals surface area contributed by atoms with Crippen LogP contribution in [0, 0.1) is 13.8 Å². The fourth-order valence-corrected chi connectivity index (χ4v) is 2.39. The van der Waals surface area contributed by atoms with Gasteiger partial charge in [-0.15, -0.1) is 0 Å². The third kappa shape index (κ3) is 2.63. The summed E-state index contributed by atoms with van der Waals surface area (Å²) in [6.07, 6.45) is 0. The van der Waals surface area contributed by atoms with E-state index < -0.39 is 0 Å². The molecule has 102 valence electrons. The first-order valence-electron chi connectivity index (χ1n) is 6.40. The number of nitrogens with zero attached hydrogens (tertiary/aromatic N) is 2. The average molecular weight is 259 g/mol. The summed E-state index contributed by atoms with van der Waals surface area (Å²) in [7, 11) is 5.60. The predicted octanol–water partition coefficient (Wildman–Crippen LogP) is 2.43. The van der Waals surface area contributed by atoms with Crippen molar-refractivity contribution < 1.29 is 4.74 Å². The summed E-state index contributed by atoms with van der Waals surface area (Å²) < 4.78 is 7.41. The van der Waals surface area contributed by atoms with Crippen molar-refractivity contribution >= 4 is 0 Å². The highest BCUT2D eigenvalue weighted by Gasteiger charge is 2.14. The molecule has 19 heavy (non-hydrogen) atoms. The first kappa shape index (κ1) is 13.6. The molecule has 0 radical (unpaired) electrons. The van der Waals surface area contributed by atoms with Crippen LogP contribution in [0.25, 0.3) is 11.3 Å². The molecule has 1 aromatic carbocycles. The van der Waals surface area contributed by atoms with E-state index in [2.05, 4.69) is 42.5 Å². The minimum absolute atomic E-state index is 0.802. The zero-order valence-electron chi connectivity index (χ0n) is 12.2. The minimum atomic E-state index is 0.802. The van der Waals surface area contributed by atoms with Gasteiger partial charge in [-0.25, -0.2) is 0 Å². The molecule has 2 aromatic rings. The molecule has 4 heteroatoms. The molecule has 0 saturated heterocycles. The highest BCUT2D eigenvalue weighted by atomic mass is 16.5. The Balaban J connectivity index is 2.55. The summed E-state index contributed by atoms with van der Waals surface area (Å²) in [4.78, 5) is 0. The number of rotatable bonds is 4. The fourth-order valence-electron chi connectivity index (χ4n) is 2.39. The van der Waals surface area contributed by atoms with Crippen LogP contribution < -0.4 is 10.1 Å². The van der Waals surface area contributed by atoms with Crippen LogP contribution in [0.1, 0.15) is 16.8 Å². The van der Waals surface area contributed by atoms with Gasteiger partial charge in [0, 0.05) is 19.2 Å². The zero-order chi connectivity index (χ0) is 14.0. The Labute approximate surface area is 114 Å². The maximum atomic E-state index is 5.51. The lowest BCUT2D eigenvalue weighted by Crippen LogP contribution is -2.09. The summed E-state index contributed by atoms with van der Waals surface area (Å²) >= 11 is 0. The molecule has 0 aliphatic carbocycles. The molecule has 1 aromatic heterocycles. The summed E-state index contributed by atoms with van der Waals surface area (Å²) in [5, 5.41) is 7.75. The quantitative estimate of drug-likeness (QED) is 0.916. The van der Waals surface area contributed by atoms with Crippen LogP contribution in [-0.4, -0.2) is 23.9 Å². The highest BCUT2D eigenvalue weighted by Crippen LogP contribution is 2.33. The van der Waals surface area contributed by atoms with Crippen LogP contribution in [0.2, 0.25) is 0 Å². The number of benzene rings is 1. The summed E-state index contributed by atoms with van der Waals surface area (Å²) in [6, 6.07) is 6.32. The lowest BCUT2D eigenvalue weighted by molar-refractivity contribution is 0.415. The summed E-state index contributed by atoms with van der Waals surface area (Å²) in [5.41, 5.74) is 5.57. The molecule has 0 spiro atoms. The van der Waals surface area contributed by atoms with E-state index >= 15 is 0 Å². The number of aryl methyl sites for hydroxylation is 3. The Morgan fingerprint density at radius 2 is 2.00 bits per heavy atom. The molecule has 0 aliphatic rings. The number of ether oxygens (including phenoxy) is 1. The molecule has 1 N–H and O–H groups in total. The molecule has 0 saturated carbocycles. The van der Waals surface area contributed by atoms with Crippen molar-refractivity contribution in [3.8, 4) is 17.0 Å². The predicted molar refractivity (Wildman–Crippen MR) is 77.4 cm³/mol. The van der Waals surface area contributed by atoms with E-state index in [0.717, 1.165) is 29.2 Å². The van der Waals surface area contributed by atoms with Crippen LogP contribution in [-0.2, 0) is 13.6 Å². The van der Waals surface area contributed by atoms with Gasteiger partial charge >= 0.3 is 0 Å². The van der Waals surface area contributed by atoms with Crippen molar-refractivity contribution in [2.75, 3.05) is 14.2 Å². The zero-order valence-corrected chi connectivity index (χ0v) is 12.2. The Kier molecular flexibility index (Phi) is 3.90. The Morgan fingerprint density at radius 1 is 1.26 bits per heavy atom. The normalized spacial score (nSPS) is 10.8. The van der Waals surface area contributed by atoms with Gasteiger partial charge in [-0.1, -0.05) is 6.07 Å². The number of hydrogen-bond acceptors (Lipinski definition) is 3. The number of nitrogens with one attached hydrogen (secondary N) is 1. The Hall–Kier alpha value is -1.81. The van der Waals surface area contributed by atoms with Gasteiger partial charge in [-0.05, 0) is 44.2 Å². The van der Waals surface area contributed by atoms with Gasteiger partial charge in [-0.2, -0.15) is 5.10 Å². The molecule has 0 amide bonds. The van der Waals surface area contributed by atoms with Crippen LogP contribution in [0.15, 0.2) is 18.2 Å². The van der Waals surface area contributed by atoms with Gasteiger partial charge in [0.2, 0.25) is 0 Å². The SMILES string of the molecule is CNCc1cc(-c2c(C)cc(C)cc2OC)nn1C. The van der Waals surface area contributed by atoms with Crippen molar-refractivity contribution in [2.45, 2.75) is 20.4 Å². The summed E-state index contributed by atoms with van der Waals surface area (Å²) in [5.74, 6) is 0.881. The topological polar surface area (TPSA) is 39.1 Å². The number of aromatic nitrogens is 2. The second-order valence-corrected chi connectivity index (χ2v) is 4.83. The van der Waals surface area contributed by atoms with Crippen LogP contribution in [0.4, 0.5) is 0 Å². The highest BCUT2D eigenvalue weighted by molar-refractivity contribution is 5.72. The van der Waals surface area contributed by atoms with E-state index in [9.17, 15) is 0 Å². The maximum absolute atomic E-state index is 5.51. The molecule has 2 rings (SSSR count). The molecule has 0 atom stereocenters. The molecular formula is C15H21N3O. The monoisotopic (exact) mass is 259 g/mol. The number of hydrogen-bond donors (Lipinski definition) is 1. The second kappa shape index (κ2) is 5.45. The standard InChI is InChI=1S/C15H21N3O/c1-10-6-11(2)15(14(7-10)19-5)13-8-12(9-16-3)18(4)17-13/h6-8,16H,9H2,1-5H3. The van der Waals surface area contributed by atoms with E-state index in [-0.39, 0.29) is 0 Å². The summed E-state index contributed by atoms with van der Waals surface area (Å²) in [6.45, 7) is 4.97. The molecule has 0 unspecified atom stereocenters. The van der Waals surface area contributed by atoms with E-state index in [1.54, 1.807) is 7.11 Å². The lowest BCUT2D eigenvalue weighted by atomic mass is 10.0. The largest absolute Gasteiger partial charge is 0.496 e. The van der Waals surface area contributed by atoms with Gasteiger partial charge in [0.05, 0.1) is 18.5 Å². The average Bonchev–Trinajstić information content (AvgIpc) is 2.70.